The van der Waals surface area contributed by atoms with Crippen molar-refractivity contribution in [1.82, 2.24) is 9.38 Å². The Morgan fingerprint density at radius 1 is 1.27 bits per heavy atom. The Kier molecular flexibility index (Phi) is 5.90. The van der Waals surface area contributed by atoms with Gasteiger partial charge in [0.05, 0.1) is 11.4 Å². The average Bonchev–Trinajstić information content (AvgIpc) is 3.05. The number of hydrogen-bond donors (Lipinski definition) is 1. The minimum Gasteiger partial charge on any atom is -0.485 e. The van der Waals surface area contributed by atoms with Gasteiger partial charge in [0, 0.05) is 23.1 Å². The lowest BCUT2D eigenvalue weighted by Crippen LogP contribution is -2.18. The van der Waals surface area contributed by atoms with Crippen LogP contribution in [0.25, 0.3) is 4.96 Å². The number of carbonyl (C=O) groups is 1. The van der Waals surface area contributed by atoms with Crippen molar-refractivity contribution in [3.05, 3.63) is 56.4 Å². The number of thiazole rings is 1. The molecule has 1 aliphatic rings. The van der Waals surface area contributed by atoms with E-state index in [9.17, 15) is 9.59 Å². The molecule has 2 aromatic heterocycles. The number of anilines is 1. The Balaban J connectivity index is 1.55. The second-order valence-corrected chi connectivity index (χ2v) is 9.38. The summed E-state index contributed by atoms with van der Waals surface area (Å²) in [6, 6.07) is 7.23. The second-order valence-electron chi connectivity index (χ2n) is 8.32. The van der Waals surface area contributed by atoms with E-state index in [1.54, 1.807) is 21.8 Å². The Morgan fingerprint density at radius 3 is 2.87 bits per heavy atom. The summed E-state index contributed by atoms with van der Waals surface area (Å²) < 4.78 is 7.73. The Labute approximate surface area is 179 Å². The van der Waals surface area contributed by atoms with E-state index in [1.165, 1.54) is 11.3 Å². The minimum absolute atomic E-state index is 0.0394. The van der Waals surface area contributed by atoms with Crippen molar-refractivity contribution >= 4 is 27.9 Å². The zero-order chi connectivity index (χ0) is 21.3. The molecular formula is C23H27N3O3S. The largest absolute Gasteiger partial charge is 0.485 e. The van der Waals surface area contributed by atoms with E-state index in [-0.39, 0.29) is 24.0 Å². The number of hydrogen-bond acceptors (Lipinski definition) is 5. The van der Waals surface area contributed by atoms with Crippen molar-refractivity contribution in [2.45, 2.75) is 59.5 Å². The van der Waals surface area contributed by atoms with Crippen molar-refractivity contribution in [1.29, 1.82) is 0 Å². The number of amides is 1. The van der Waals surface area contributed by atoms with Gasteiger partial charge in [0.2, 0.25) is 5.91 Å². The van der Waals surface area contributed by atoms with Crippen molar-refractivity contribution < 1.29 is 9.53 Å². The monoisotopic (exact) mass is 425 g/mol. The molecule has 0 fully saturated rings. The summed E-state index contributed by atoms with van der Waals surface area (Å²) in [6.07, 6.45) is 4.70. The van der Waals surface area contributed by atoms with Crippen LogP contribution in [0.2, 0.25) is 0 Å². The number of aryl methyl sites for hydroxylation is 3. The van der Waals surface area contributed by atoms with Crippen LogP contribution in [-0.4, -0.2) is 15.3 Å². The number of rotatable bonds is 6. The summed E-state index contributed by atoms with van der Waals surface area (Å²) in [5.41, 5.74) is 3.35. The summed E-state index contributed by atoms with van der Waals surface area (Å²) in [5.74, 6) is 0.812. The van der Waals surface area contributed by atoms with Crippen molar-refractivity contribution in [3.8, 4) is 5.75 Å². The van der Waals surface area contributed by atoms with E-state index in [4.69, 9.17) is 4.74 Å². The van der Waals surface area contributed by atoms with Crippen LogP contribution in [0.1, 0.15) is 54.9 Å². The molecule has 0 unspecified atom stereocenters. The lowest BCUT2D eigenvalue weighted by atomic mass is 10.0. The summed E-state index contributed by atoms with van der Waals surface area (Å²) in [5, 5.41) is 2.94. The number of aromatic nitrogens is 2. The first kappa shape index (κ1) is 20.6. The van der Waals surface area contributed by atoms with Crippen molar-refractivity contribution in [2.24, 2.45) is 5.92 Å². The molecule has 2 heterocycles. The highest BCUT2D eigenvalue weighted by molar-refractivity contribution is 7.17. The molecule has 0 bridgehead atoms. The first-order valence-electron chi connectivity index (χ1n) is 10.5. The summed E-state index contributed by atoms with van der Waals surface area (Å²) >= 11 is 1.61. The van der Waals surface area contributed by atoms with Crippen LogP contribution in [0.4, 0.5) is 5.69 Å². The number of nitrogens with zero attached hydrogens (tertiary/aromatic N) is 2. The number of carbonyl (C=O) groups excluding carboxylic acids is 1. The topological polar surface area (TPSA) is 72.7 Å². The first-order valence-corrected chi connectivity index (χ1v) is 11.3. The number of fused-ring (bicyclic) bond motifs is 3. The molecule has 1 amide bonds. The number of benzene rings is 1. The Bertz CT molecular complexity index is 1150. The van der Waals surface area contributed by atoms with Crippen LogP contribution in [0.15, 0.2) is 29.1 Å². The maximum absolute atomic E-state index is 12.7. The van der Waals surface area contributed by atoms with Gasteiger partial charge in [0.15, 0.2) is 4.96 Å². The highest BCUT2D eigenvalue weighted by Gasteiger charge is 2.19. The van der Waals surface area contributed by atoms with E-state index in [0.29, 0.717) is 23.6 Å². The van der Waals surface area contributed by atoms with Gasteiger partial charge >= 0.3 is 0 Å². The molecule has 3 aromatic rings. The fourth-order valence-corrected chi connectivity index (χ4v) is 5.04. The zero-order valence-electron chi connectivity index (χ0n) is 17.7. The average molecular weight is 426 g/mol. The third kappa shape index (κ3) is 4.41. The molecule has 0 atom stereocenters. The van der Waals surface area contributed by atoms with Crippen LogP contribution in [0.3, 0.4) is 0 Å². The highest BCUT2D eigenvalue weighted by atomic mass is 32.1. The molecule has 7 heteroatoms. The molecule has 158 valence electrons. The molecule has 0 spiro atoms. The smallest absolute Gasteiger partial charge is 0.259 e. The maximum Gasteiger partial charge on any atom is 0.259 e. The third-order valence-corrected chi connectivity index (χ3v) is 6.34. The number of nitrogens with one attached hydrogen (secondary N) is 1. The molecule has 30 heavy (non-hydrogen) atoms. The van der Waals surface area contributed by atoms with Gasteiger partial charge in [-0.3, -0.25) is 14.0 Å². The van der Waals surface area contributed by atoms with Gasteiger partial charge in [-0.1, -0.05) is 19.9 Å². The molecule has 0 aliphatic heterocycles. The summed E-state index contributed by atoms with van der Waals surface area (Å²) in [7, 11) is 0. The minimum atomic E-state index is -0.0487. The zero-order valence-corrected chi connectivity index (χ0v) is 18.5. The highest BCUT2D eigenvalue weighted by Crippen LogP contribution is 2.29. The second kappa shape index (κ2) is 8.60. The quantitative estimate of drug-likeness (QED) is 0.631. The summed E-state index contributed by atoms with van der Waals surface area (Å²) in [4.78, 5) is 31.6. The van der Waals surface area contributed by atoms with Crippen LogP contribution in [0, 0.1) is 12.8 Å². The predicted molar refractivity (Wildman–Crippen MR) is 120 cm³/mol. The van der Waals surface area contributed by atoms with Crippen molar-refractivity contribution in [2.75, 3.05) is 5.32 Å². The standard InChI is InChI=1S/C23H27N3O3S/c1-14(2)10-21(27)25-17-11-15(3)8-9-19(17)29-13-16-12-22(28)26-18-6-4-5-7-20(18)30-23(26)24-16/h8-9,11-12,14H,4-7,10,13H2,1-3H3,(H,25,27). The molecule has 0 saturated heterocycles. The van der Waals surface area contributed by atoms with Gasteiger partial charge in [-0.15, -0.1) is 11.3 Å². The Hall–Kier alpha value is -2.67. The van der Waals surface area contributed by atoms with Crippen LogP contribution >= 0.6 is 11.3 Å². The van der Waals surface area contributed by atoms with Crippen LogP contribution in [0.5, 0.6) is 5.75 Å². The normalized spacial score (nSPS) is 13.5. The van der Waals surface area contributed by atoms with Gasteiger partial charge in [0.1, 0.15) is 12.4 Å². The van der Waals surface area contributed by atoms with Gasteiger partial charge in [-0.05, 0) is 56.2 Å². The van der Waals surface area contributed by atoms with E-state index >= 15 is 0 Å². The SMILES string of the molecule is Cc1ccc(OCc2cc(=O)n3c4c(sc3n2)CCCC4)c(NC(=O)CC(C)C)c1. The molecule has 1 aliphatic carbocycles. The lowest BCUT2D eigenvalue weighted by molar-refractivity contribution is -0.116. The van der Waals surface area contributed by atoms with Crippen LogP contribution in [-0.2, 0) is 24.2 Å². The van der Waals surface area contributed by atoms with E-state index in [2.05, 4.69) is 10.3 Å². The van der Waals surface area contributed by atoms with Gasteiger partial charge in [-0.2, -0.15) is 0 Å². The fraction of sp³-hybridized carbons (Fsp3) is 0.435. The van der Waals surface area contributed by atoms with Gasteiger partial charge in [0.25, 0.3) is 5.56 Å². The van der Waals surface area contributed by atoms with Gasteiger partial charge in [-0.25, -0.2) is 4.98 Å². The number of ether oxygens (including phenoxy) is 1. The maximum atomic E-state index is 12.7. The van der Waals surface area contributed by atoms with Gasteiger partial charge < -0.3 is 10.1 Å². The van der Waals surface area contributed by atoms with E-state index in [1.807, 2.05) is 39.0 Å². The van der Waals surface area contributed by atoms with Crippen molar-refractivity contribution in [3.63, 3.8) is 0 Å². The first-order chi connectivity index (χ1) is 14.4. The third-order valence-electron chi connectivity index (χ3n) is 5.19. The molecule has 1 aromatic carbocycles. The lowest BCUT2D eigenvalue weighted by Gasteiger charge is -2.14. The Morgan fingerprint density at radius 2 is 2.07 bits per heavy atom. The molecular weight excluding hydrogens is 398 g/mol. The molecule has 1 N–H and O–H groups in total. The molecule has 6 nitrogen and oxygen atoms in total. The van der Waals surface area contributed by atoms with E-state index < -0.39 is 0 Å². The predicted octanol–water partition coefficient (Wildman–Crippen LogP) is 4.51. The molecule has 0 radical (unpaired) electrons. The van der Waals surface area contributed by atoms with Crippen LogP contribution < -0.4 is 15.6 Å². The summed E-state index contributed by atoms with van der Waals surface area (Å²) in [6.45, 7) is 6.16. The van der Waals surface area contributed by atoms with E-state index in [0.717, 1.165) is 35.5 Å². The molecule has 0 saturated carbocycles. The molecule has 4 rings (SSSR count). The fourth-order valence-electron chi connectivity index (χ4n) is 3.81.